The predicted molar refractivity (Wildman–Crippen MR) is 71.5 cm³/mol. The second kappa shape index (κ2) is 5.47. The van der Waals surface area contributed by atoms with Gasteiger partial charge in [0.1, 0.15) is 11.6 Å². The highest BCUT2D eigenvalue weighted by molar-refractivity contribution is 7.16. The van der Waals surface area contributed by atoms with Gasteiger partial charge in [-0.3, -0.25) is 0 Å². The summed E-state index contributed by atoms with van der Waals surface area (Å²) in [6, 6.07) is 4.81. The van der Waals surface area contributed by atoms with Crippen LogP contribution in [-0.4, -0.2) is 21.8 Å². The van der Waals surface area contributed by atoms with Gasteiger partial charge in [0, 0.05) is 17.8 Å². The van der Waals surface area contributed by atoms with Crippen LogP contribution in [0.3, 0.4) is 0 Å². The van der Waals surface area contributed by atoms with Crippen LogP contribution >= 0.6 is 11.3 Å². The fraction of sp³-hybridized carbons (Fsp3) is 0.154. The lowest BCUT2D eigenvalue weighted by Gasteiger charge is -2.07. The lowest BCUT2D eigenvalue weighted by molar-refractivity contribution is 0.338. The van der Waals surface area contributed by atoms with Crippen molar-refractivity contribution in [3.05, 3.63) is 23.4 Å². The molecule has 2 N–H and O–H groups in total. The molecule has 0 aliphatic rings. The SMILES string of the molecule is CCOc1ncc(-c2c(C#N)cc(O)c(O)c2C#N)s1. The smallest absolute Gasteiger partial charge is 0.273 e. The molecule has 0 spiro atoms. The quantitative estimate of drug-likeness (QED) is 0.838. The van der Waals surface area contributed by atoms with Gasteiger partial charge in [-0.05, 0) is 6.92 Å². The van der Waals surface area contributed by atoms with E-state index in [1.807, 2.05) is 13.0 Å². The molecule has 1 aromatic heterocycles. The molecule has 6 nitrogen and oxygen atoms in total. The van der Waals surface area contributed by atoms with Crippen molar-refractivity contribution in [2.75, 3.05) is 6.61 Å². The Morgan fingerprint density at radius 2 is 2.10 bits per heavy atom. The molecule has 1 heterocycles. The van der Waals surface area contributed by atoms with E-state index < -0.39 is 11.5 Å². The number of ether oxygens (including phenoxy) is 1. The number of thiazole rings is 1. The van der Waals surface area contributed by atoms with E-state index in [1.165, 1.54) is 6.20 Å². The topological polar surface area (TPSA) is 110 Å². The van der Waals surface area contributed by atoms with Crippen LogP contribution < -0.4 is 4.74 Å². The number of phenolic OH excluding ortho intramolecular Hbond substituents is 2. The average Bonchev–Trinajstić information content (AvgIpc) is 2.89. The summed E-state index contributed by atoms with van der Waals surface area (Å²) in [5.41, 5.74) is 0.172. The number of rotatable bonds is 3. The predicted octanol–water partition coefficient (Wildman–Crippen LogP) is 2.36. The molecule has 2 aromatic rings. The summed E-state index contributed by atoms with van der Waals surface area (Å²) in [6.45, 7) is 2.26. The lowest BCUT2D eigenvalue weighted by Crippen LogP contribution is -1.90. The maximum Gasteiger partial charge on any atom is 0.273 e. The van der Waals surface area contributed by atoms with Gasteiger partial charge in [-0.1, -0.05) is 11.3 Å². The Hall–Kier alpha value is -2.77. The summed E-state index contributed by atoms with van der Waals surface area (Å²) >= 11 is 1.16. The minimum atomic E-state index is -0.548. The summed E-state index contributed by atoms with van der Waals surface area (Å²) in [5.74, 6) is -1.05. The first-order valence-electron chi connectivity index (χ1n) is 5.60. The molecule has 0 saturated carbocycles. The number of nitrogens with zero attached hydrogens (tertiary/aromatic N) is 3. The van der Waals surface area contributed by atoms with Crippen molar-refractivity contribution >= 4 is 11.3 Å². The van der Waals surface area contributed by atoms with E-state index in [1.54, 1.807) is 6.07 Å². The normalized spacial score (nSPS) is 9.75. The zero-order chi connectivity index (χ0) is 14.7. The van der Waals surface area contributed by atoms with Crippen LogP contribution in [0.2, 0.25) is 0 Å². The number of hydrogen-bond donors (Lipinski definition) is 2. The molecule has 20 heavy (non-hydrogen) atoms. The van der Waals surface area contributed by atoms with Gasteiger partial charge in [0.05, 0.1) is 23.1 Å². The molecule has 0 atom stereocenters. The van der Waals surface area contributed by atoms with Crippen LogP contribution in [0.15, 0.2) is 12.3 Å². The molecule has 100 valence electrons. The summed E-state index contributed by atoms with van der Waals surface area (Å²) in [5, 5.41) is 37.9. The Bertz CT molecular complexity index is 741. The number of phenols is 2. The number of aromatic nitrogens is 1. The van der Waals surface area contributed by atoms with Gasteiger partial charge in [0.25, 0.3) is 5.19 Å². The Morgan fingerprint density at radius 1 is 1.35 bits per heavy atom. The van der Waals surface area contributed by atoms with E-state index in [0.717, 1.165) is 17.4 Å². The van der Waals surface area contributed by atoms with Crippen LogP contribution in [0, 0.1) is 22.7 Å². The first-order chi connectivity index (χ1) is 9.62. The Kier molecular flexibility index (Phi) is 3.74. The molecule has 1 aromatic carbocycles. The maximum atomic E-state index is 9.74. The molecule has 0 amide bonds. The third kappa shape index (κ3) is 2.22. The van der Waals surface area contributed by atoms with Crippen molar-refractivity contribution in [2.24, 2.45) is 0 Å². The number of benzene rings is 1. The standard InChI is InChI=1S/C13H9N3O3S/c1-2-19-13-16-6-10(20-13)11-7(4-14)3-9(17)12(18)8(11)5-15/h3,6,17-18H,2H2,1H3. The molecule has 0 fully saturated rings. The molecule has 7 heteroatoms. The highest BCUT2D eigenvalue weighted by Gasteiger charge is 2.21. The first kappa shape index (κ1) is 13.7. The van der Waals surface area contributed by atoms with Gasteiger partial charge < -0.3 is 14.9 Å². The molecule has 0 saturated heterocycles. The lowest BCUT2D eigenvalue weighted by atomic mass is 9.99. The van der Waals surface area contributed by atoms with Crippen molar-refractivity contribution in [2.45, 2.75) is 6.92 Å². The number of hydrogen-bond acceptors (Lipinski definition) is 7. The summed E-state index contributed by atoms with van der Waals surface area (Å²) in [7, 11) is 0. The molecular formula is C13H9N3O3S. The minimum absolute atomic E-state index is 0.0866. The van der Waals surface area contributed by atoms with Gasteiger partial charge >= 0.3 is 0 Å². The Balaban J connectivity index is 2.69. The van der Waals surface area contributed by atoms with Crippen molar-refractivity contribution < 1.29 is 14.9 Å². The van der Waals surface area contributed by atoms with Crippen molar-refractivity contribution in [1.29, 1.82) is 10.5 Å². The fourth-order valence-corrected chi connectivity index (χ4v) is 2.57. The van der Waals surface area contributed by atoms with Crippen LogP contribution in [0.4, 0.5) is 0 Å². The summed E-state index contributed by atoms with van der Waals surface area (Å²) in [4.78, 5) is 4.53. The van der Waals surface area contributed by atoms with Crippen LogP contribution in [0.25, 0.3) is 10.4 Å². The molecule has 0 aliphatic heterocycles. The zero-order valence-corrected chi connectivity index (χ0v) is 11.2. The van der Waals surface area contributed by atoms with Crippen LogP contribution in [0.1, 0.15) is 18.1 Å². The summed E-state index contributed by atoms with van der Waals surface area (Å²) in [6.07, 6.45) is 1.46. The van der Waals surface area contributed by atoms with Crippen molar-refractivity contribution in [3.63, 3.8) is 0 Å². The van der Waals surface area contributed by atoms with Gasteiger partial charge in [0.15, 0.2) is 11.5 Å². The molecule has 0 bridgehead atoms. The molecule has 0 unspecified atom stereocenters. The zero-order valence-electron chi connectivity index (χ0n) is 10.4. The van der Waals surface area contributed by atoms with E-state index in [4.69, 9.17) is 15.3 Å². The average molecular weight is 287 g/mol. The minimum Gasteiger partial charge on any atom is -0.504 e. The molecule has 0 radical (unpaired) electrons. The van der Waals surface area contributed by atoms with Gasteiger partial charge in [-0.25, -0.2) is 4.98 Å². The fourth-order valence-electron chi connectivity index (χ4n) is 1.68. The highest BCUT2D eigenvalue weighted by atomic mass is 32.1. The Labute approximate surface area is 118 Å². The van der Waals surface area contributed by atoms with E-state index >= 15 is 0 Å². The first-order valence-corrected chi connectivity index (χ1v) is 6.42. The van der Waals surface area contributed by atoms with E-state index in [2.05, 4.69) is 4.98 Å². The monoisotopic (exact) mass is 287 g/mol. The van der Waals surface area contributed by atoms with Crippen LogP contribution in [0.5, 0.6) is 16.7 Å². The Morgan fingerprint density at radius 3 is 2.70 bits per heavy atom. The maximum absolute atomic E-state index is 9.74. The van der Waals surface area contributed by atoms with E-state index in [9.17, 15) is 10.2 Å². The molecule has 2 rings (SSSR count). The summed E-state index contributed by atoms with van der Waals surface area (Å²) < 4.78 is 5.24. The largest absolute Gasteiger partial charge is 0.504 e. The third-order valence-electron chi connectivity index (χ3n) is 2.51. The van der Waals surface area contributed by atoms with E-state index in [-0.39, 0.29) is 16.7 Å². The van der Waals surface area contributed by atoms with Crippen LogP contribution in [-0.2, 0) is 0 Å². The van der Waals surface area contributed by atoms with Crippen molar-refractivity contribution in [1.82, 2.24) is 4.98 Å². The molecule has 0 aliphatic carbocycles. The van der Waals surface area contributed by atoms with E-state index in [0.29, 0.717) is 16.7 Å². The second-order valence-corrected chi connectivity index (χ2v) is 4.68. The van der Waals surface area contributed by atoms with Gasteiger partial charge in [0.2, 0.25) is 0 Å². The van der Waals surface area contributed by atoms with Crippen molar-refractivity contribution in [3.8, 4) is 39.3 Å². The number of aromatic hydroxyl groups is 2. The highest BCUT2D eigenvalue weighted by Crippen LogP contribution is 2.41. The third-order valence-corrected chi connectivity index (χ3v) is 3.44. The van der Waals surface area contributed by atoms with Gasteiger partial charge in [-0.15, -0.1) is 0 Å². The number of nitriles is 2. The second-order valence-electron chi connectivity index (χ2n) is 3.69. The molecular weight excluding hydrogens is 278 g/mol. The van der Waals surface area contributed by atoms with Gasteiger partial charge in [-0.2, -0.15) is 10.5 Å².